The number of rotatable bonds is 3. The Kier molecular flexibility index (Phi) is 4.03. The van der Waals surface area contributed by atoms with E-state index >= 15 is 0 Å². The number of thiophene rings is 1. The van der Waals surface area contributed by atoms with Gasteiger partial charge in [-0.3, -0.25) is 0 Å². The maximum absolute atomic E-state index is 12.5. The molecule has 2 amide bonds. The van der Waals surface area contributed by atoms with Crippen molar-refractivity contribution in [3.8, 4) is 0 Å². The number of carbonyl (C=O) groups excluding carboxylic acids is 1. The van der Waals surface area contributed by atoms with Crippen LogP contribution in [0.25, 0.3) is 0 Å². The fourth-order valence-electron chi connectivity index (χ4n) is 2.56. The van der Waals surface area contributed by atoms with E-state index in [1.165, 1.54) is 4.88 Å². The van der Waals surface area contributed by atoms with Crippen molar-refractivity contribution in [3.05, 3.63) is 39.0 Å². The molecule has 2 aromatic heterocycles. The Balaban J connectivity index is 1.67. The number of hydrogen-bond acceptors (Lipinski definition) is 4. The maximum atomic E-state index is 12.5. The van der Waals surface area contributed by atoms with Gasteiger partial charge in [-0.1, -0.05) is 6.07 Å². The standard InChI is InChI=1S/C14H17N3OS2/c1-10(13-15-6-9-20-13)16-14(18)17-7-2-4-11(17)12-5-3-8-19-12/h3,5-6,8-11H,2,4,7H2,1H3,(H,16,18). The Labute approximate surface area is 126 Å². The minimum absolute atomic E-state index is 0.0172. The highest BCUT2D eigenvalue weighted by Crippen LogP contribution is 2.34. The molecular weight excluding hydrogens is 290 g/mol. The molecule has 1 aliphatic rings. The van der Waals surface area contributed by atoms with Crippen LogP contribution in [-0.2, 0) is 0 Å². The van der Waals surface area contributed by atoms with Crippen molar-refractivity contribution < 1.29 is 4.79 Å². The Morgan fingerprint density at radius 2 is 2.40 bits per heavy atom. The molecule has 2 unspecified atom stereocenters. The summed E-state index contributed by atoms with van der Waals surface area (Å²) in [5.74, 6) is 0. The first-order chi connectivity index (χ1) is 9.75. The average Bonchev–Trinajstić information content (AvgIpc) is 3.19. The molecule has 0 bridgehead atoms. The molecule has 1 aliphatic heterocycles. The molecule has 1 fully saturated rings. The van der Waals surface area contributed by atoms with Crippen molar-refractivity contribution in [2.75, 3.05) is 6.54 Å². The van der Waals surface area contributed by atoms with Crippen molar-refractivity contribution >= 4 is 28.7 Å². The van der Waals surface area contributed by atoms with Gasteiger partial charge in [-0.15, -0.1) is 22.7 Å². The van der Waals surface area contributed by atoms with Gasteiger partial charge in [0.15, 0.2) is 0 Å². The van der Waals surface area contributed by atoms with Crippen molar-refractivity contribution in [1.29, 1.82) is 0 Å². The van der Waals surface area contributed by atoms with Crippen molar-refractivity contribution in [3.63, 3.8) is 0 Å². The first kappa shape index (κ1) is 13.6. The van der Waals surface area contributed by atoms with Crippen LogP contribution in [0.5, 0.6) is 0 Å². The lowest BCUT2D eigenvalue weighted by atomic mass is 10.2. The molecular formula is C14H17N3OS2. The highest BCUT2D eigenvalue weighted by atomic mass is 32.1. The third-order valence-corrected chi connectivity index (χ3v) is 5.48. The summed E-state index contributed by atoms with van der Waals surface area (Å²) in [6, 6.07) is 4.38. The van der Waals surface area contributed by atoms with E-state index in [9.17, 15) is 4.79 Å². The third kappa shape index (κ3) is 2.71. The highest BCUT2D eigenvalue weighted by molar-refractivity contribution is 7.10. The van der Waals surface area contributed by atoms with Gasteiger partial charge in [-0.25, -0.2) is 9.78 Å². The minimum Gasteiger partial charge on any atom is -0.329 e. The van der Waals surface area contributed by atoms with Gasteiger partial charge in [0.05, 0.1) is 12.1 Å². The number of hydrogen-bond donors (Lipinski definition) is 1. The van der Waals surface area contributed by atoms with Gasteiger partial charge in [0, 0.05) is 23.0 Å². The lowest BCUT2D eigenvalue weighted by Crippen LogP contribution is -2.40. The summed E-state index contributed by atoms with van der Waals surface area (Å²) in [7, 11) is 0. The summed E-state index contributed by atoms with van der Waals surface area (Å²) in [6.07, 6.45) is 3.90. The zero-order valence-electron chi connectivity index (χ0n) is 11.3. The van der Waals surface area contributed by atoms with Crippen molar-refractivity contribution in [2.24, 2.45) is 0 Å². The Hall–Kier alpha value is -1.40. The molecule has 3 heterocycles. The van der Waals surface area contributed by atoms with Gasteiger partial charge < -0.3 is 10.2 Å². The zero-order valence-corrected chi connectivity index (χ0v) is 12.9. The number of urea groups is 1. The van der Waals surface area contributed by atoms with Crippen molar-refractivity contribution in [1.82, 2.24) is 15.2 Å². The number of amides is 2. The van der Waals surface area contributed by atoms with Crippen LogP contribution >= 0.6 is 22.7 Å². The van der Waals surface area contributed by atoms with Gasteiger partial charge >= 0.3 is 6.03 Å². The molecule has 1 saturated heterocycles. The second kappa shape index (κ2) is 5.93. The smallest absolute Gasteiger partial charge is 0.318 e. The minimum atomic E-state index is -0.0351. The van der Waals surface area contributed by atoms with Gasteiger partial charge in [0.2, 0.25) is 0 Å². The molecule has 0 aromatic carbocycles. The SMILES string of the molecule is CC(NC(=O)N1CCCC1c1cccs1)c1nccs1. The van der Waals surface area contributed by atoms with E-state index in [1.54, 1.807) is 28.9 Å². The van der Waals surface area contributed by atoms with E-state index in [0.717, 1.165) is 24.4 Å². The number of carbonyl (C=O) groups is 1. The molecule has 3 rings (SSSR count). The monoisotopic (exact) mass is 307 g/mol. The summed E-state index contributed by atoms with van der Waals surface area (Å²) < 4.78 is 0. The molecule has 0 radical (unpaired) electrons. The normalized spacial score (nSPS) is 20.1. The van der Waals surface area contributed by atoms with Crippen LogP contribution in [0.15, 0.2) is 29.1 Å². The second-order valence-corrected chi connectivity index (χ2v) is 6.81. The summed E-state index contributed by atoms with van der Waals surface area (Å²) in [5.41, 5.74) is 0. The molecule has 1 N–H and O–H groups in total. The Morgan fingerprint density at radius 1 is 1.50 bits per heavy atom. The second-order valence-electron chi connectivity index (χ2n) is 4.91. The van der Waals surface area contributed by atoms with E-state index in [0.29, 0.717) is 0 Å². The quantitative estimate of drug-likeness (QED) is 0.937. The predicted octanol–water partition coefficient (Wildman–Crippen LogP) is 3.81. The molecule has 0 spiro atoms. The van der Waals surface area contributed by atoms with E-state index < -0.39 is 0 Å². The molecule has 106 valence electrons. The largest absolute Gasteiger partial charge is 0.329 e. The van der Waals surface area contributed by atoms with Crippen LogP contribution in [-0.4, -0.2) is 22.5 Å². The predicted molar refractivity (Wildman–Crippen MR) is 82.1 cm³/mol. The van der Waals surface area contributed by atoms with E-state index in [1.807, 2.05) is 23.3 Å². The third-order valence-electron chi connectivity index (χ3n) is 3.55. The first-order valence-corrected chi connectivity index (χ1v) is 8.51. The lowest BCUT2D eigenvalue weighted by Gasteiger charge is -2.25. The van der Waals surface area contributed by atoms with E-state index in [-0.39, 0.29) is 18.1 Å². The fraction of sp³-hybridized carbons (Fsp3) is 0.429. The lowest BCUT2D eigenvalue weighted by molar-refractivity contribution is 0.190. The number of nitrogens with zero attached hydrogens (tertiary/aromatic N) is 2. The summed E-state index contributed by atoms with van der Waals surface area (Å²) >= 11 is 3.30. The van der Waals surface area contributed by atoms with Gasteiger partial charge in [0.25, 0.3) is 0 Å². The summed E-state index contributed by atoms with van der Waals surface area (Å²) in [4.78, 5) is 19.9. The van der Waals surface area contributed by atoms with Crippen LogP contribution in [0.1, 0.15) is 41.7 Å². The highest BCUT2D eigenvalue weighted by Gasteiger charge is 2.31. The van der Waals surface area contributed by atoms with E-state index in [2.05, 4.69) is 21.7 Å². The molecule has 2 aromatic rings. The molecule has 0 aliphatic carbocycles. The molecule has 6 heteroatoms. The molecule has 4 nitrogen and oxygen atoms in total. The van der Waals surface area contributed by atoms with Gasteiger partial charge in [-0.2, -0.15) is 0 Å². The Morgan fingerprint density at radius 3 is 3.10 bits per heavy atom. The van der Waals surface area contributed by atoms with Gasteiger partial charge in [0.1, 0.15) is 5.01 Å². The van der Waals surface area contributed by atoms with Gasteiger partial charge in [-0.05, 0) is 31.2 Å². The van der Waals surface area contributed by atoms with E-state index in [4.69, 9.17) is 0 Å². The van der Waals surface area contributed by atoms with Crippen LogP contribution in [0, 0.1) is 0 Å². The Bertz CT molecular complexity index is 553. The molecule has 20 heavy (non-hydrogen) atoms. The van der Waals surface area contributed by atoms with Crippen LogP contribution in [0.4, 0.5) is 4.79 Å². The van der Waals surface area contributed by atoms with Crippen molar-refractivity contribution in [2.45, 2.75) is 31.8 Å². The average molecular weight is 307 g/mol. The van der Waals surface area contributed by atoms with Crippen LogP contribution in [0.2, 0.25) is 0 Å². The fourth-order valence-corrected chi connectivity index (χ4v) is 4.08. The number of nitrogens with one attached hydrogen (secondary N) is 1. The zero-order chi connectivity index (χ0) is 13.9. The van der Waals surface area contributed by atoms with Crippen LogP contribution < -0.4 is 5.32 Å². The van der Waals surface area contributed by atoms with Crippen LogP contribution in [0.3, 0.4) is 0 Å². The number of aromatic nitrogens is 1. The molecule has 0 saturated carbocycles. The topological polar surface area (TPSA) is 45.2 Å². The number of thiazole rings is 1. The summed E-state index contributed by atoms with van der Waals surface area (Å²) in [6.45, 7) is 2.81. The maximum Gasteiger partial charge on any atom is 0.318 e. The first-order valence-electron chi connectivity index (χ1n) is 6.75. The molecule has 2 atom stereocenters. The number of likely N-dealkylation sites (tertiary alicyclic amines) is 1. The summed E-state index contributed by atoms with van der Waals surface area (Å²) in [5, 5.41) is 8.01.